The summed E-state index contributed by atoms with van der Waals surface area (Å²) in [5.74, 6) is -11.1. The number of hydrogen-bond donors (Lipinski definition) is 9. The van der Waals surface area contributed by atoms with Crippen molar-refractivity contribution in [2.24, 2.45) is 29.4 Å². The molecule has 0 spiro atoms. The highest BCUT2D eigenvalue weighted by Crippen LogP contribution is 2.26. The number of esters is 1. The van der Waals surface area contributed by atoms with Crippen molar-refractivity contribution in [1.82, 2.24) is 47.0 Å². The summed E-state index contributed by atoms with van der Waals surface area (Å²) >= 11 is 0. The Morgan fingerprint density at radius 3 is 2.03 bits per heavy atom. The number of nitrogens with two attached hydrogens (primary N) is 1. The van der Waals surface area contributed by atoms with E-state index in [1.54, 1.807) is 55.4 Å². The van der Waals surface area contributed by atoms with Crippen molar-refractivity contribution in [3.63, 3.8) is 0 Å². The zero-order chi connectivity index (χ0) is 56.6. The summed E-state index contributed by atoms with van der Waals surface area (Å²) in [4.78, 5) is 168. The van der Waals surface area contributed by atoms with Crippen LogP contribution in [0.5, 0.6) is 5.75 Å². The first kappa shape index (κ1) is 61.4. The Morgan fingerprint density at radius 2 is 1.41 bits per heavy atom. The Bertz CT molecular complexity index is 2310. The third kappa shape index (κ3) is 18.0. The van der Waals surface area contributed by atoms with Crippen LogP contribution in [0.4, 0.5) is 0 Å². The van der Waals surface area contributed by atoms with Crippen LogP contribution < -0.4 is 43.0 Å². The molecule has 0 saturated carbocycles. The number of cyclic esters (lactones) is 1. The number of aromatic hydroxyl groups is 1. The predicted octanol–water partition coefficient (Wildman–Crippen LogP) is -0.873. The van der Waals surface area contributed by atoms with Gasteiger partial charge in [0.05, 0.1) is 25.4 Å². The summed E-state index contributed by atoms with van der Waals surface area (Å²) in [7, 11) is 0. The maximum Gasteiger partial charge on any atom is 0.328 e. The fraction of sp³-hybridized carbons (Fsp3) is 0.654. The number of carbonyl (C=O) groups is 12. The highest BCUT2D eigenvalue weighted by molar-refractivity contribution is 6.04. The molecular weight excluding hydrogens is 989 g/mol. The van der Waals surface area contributed by atoms with Crippen LogP contribution >= 0.6 is 0 Å². The maximum absolute atomic E-state index is 14.9. The Labute approximate surface area is 443 Å². The van der Waals surface area contributed by atoms with E-state index in [0.717, 1.165) is 0 Å². The van der Waals surface area contributed by atoms with Crippen LogP contribution in [-0.2, 0) is 68.7 Å². The quantitative estimate of drug-likeness (QED) is 0.0808. The van der Waals surface area contributed by atoms with Crippen LogP contribution in [0.1, 0.15) is 119 Å². The minimum atomic E-state index is -1.69. The van der Waals surface area contributed by atoms with Gasteiger partial charge >= 0.3 is 5.97 Å². The largest absolute Gasteiger partial charge is 0.508 e. The molecule has 420 valence electrons. The Morgan fingerprint density at radius 1 is 0.776 bits per heavy atom. The average Bonchev–Trinajstić information content (AvgIpc) is 4.01. The van der Waals surface area contributed by atoms with E-state index in [-0.39, 0.29) is 81.5 Å². The molecule has 3 heterocycles. The second-order valence-corrected chi connectivity index (χ2v) is 21.0. The van der Waals surface area contributed by atoms with Crippen LogP contribution in [-0.4, -0.2) is 160 Å². The van der Waals surface area contributed by atoms with Gasteiger partial charge in [0.1, 0.15) is 54.6 Å². The van der Waals surface area contributed by atoms with E-state index in [1.165, 1.54) is 34.1 Å². The lowest BCUT2D eigenvalue weighted by molar-refractivity contribution is -0.157. The fourth-order valence-corrected chi connectivity index (χ4v) is 9.42. The molecule has 0 aliphatic carbocycles. The maximum atomic E-state index is 14.9. The summed E-state index contributed by atoms with van der Waals surface area (Å²) in [5, 5.41) is 28.0. The first-order valence-corrected chi connectivity index (χ1v) is 26.2. The van der Waals surface area contributed by atoms with Gasteiger partial charge in [0, 0.05) is 25.9 Å². The minimum absolute atomic E-state index is 0.00353. The first-order chi connectivity index (χ1) is 35.8. The van der Waals surface area contributed by atoms with Crippen molar-refractivity contribution in [2.75, 3.05) is 26.2 Å². The summed E-state index contributed by atoms with van der Waals surface area (Å²) < 4.78 is 5.80. The van der Waals surface area contributed by atoms with Gasteiger partial charge in [-0.3, -0.25) is 52.7 Å². The Kier molecular flexibility index (Phi) is 23.2. The van der Waals surface area contributed by atoms with Crippen molar-refractivity contribution in [3.8, 4) is 5.75 Å². The van der Waals surface area contributed by atoms with E-state index in [4.69, 9.17) is 10.5 Å². The van der Waals surface area contributed by atoms with Gasteiger partial charge in [-0.25, -0.2) is 4.79 Å². The van der Waals surface area contributed by atoms with E-state index in [1.807, 2.05) is 0 Å². The number of phenols is 1. The Hall–Kier alpha value is -7.14. The zero-order valence-corrected chi connectivity index (χ0v) is 44.9. The predicted molar refractivity (Wildman–Crippen MR) is 273 cm³/mol. The molecule has 24 nitrogen and oxygen atoms in total. The molecule has 76 heavy (non-hydrogen) atoms. The minimum Gasteiger partial charge on any atom is -0.508 e. The molecule has 4 rings (SSSR count). The van der Waals surface area contributed by atoms with Gasteiger partial charge in [-0.15, -0.1) is 0 Å². The monoisotopic (exact) mass is 1070 g/mol. The van der Waals surface area contributed by atoms with Gasteiger partial charge in [0.2, 0.25) is 59.1 Å². The fourth-order valence-electron chi connectivity index (χ4n) is 9.42. The molecule has 3 aliphatic rings. The molecule has 3 saturated heterocycles. The normalized spacial score (nSPS) is 25.9. The van der Waals surface area contributed by atoms with Crippen LogP contribution in [0.25, 0.3) is 0 Å². The van der Waals surface area contributed by atoms with Crippen molar-refractivity contribution in [2.45, 2.75) is 168 Å². The lowest BCUT2D eigenvalue weighted by Gasteiger charge is -2.32. The summed E-state index contributed by atoms with van der Waals surface area (Å²) in [6, 6.07) is -5.24. The van der Waals surface area contributed by atoms with Crippen molar-refractivity contribution < 1.29 is 67.4 Å². The highest BCUT2D eigenvalue weighted by Gasteiger charge is 2.45. The van der Waals surface area contributed by atoms with E-state index in [2.05, 4.69) is 37.2 Å². The van der Waals surface area contributed by atoms with Gasteiger partial charge in [-0.2, -0.15) is 0 Å². The molecule has 1 aromatic carbocycles. The number of ketones is 1. The SMILES string of the molecule is CCC(=O)N[C@H](C(=O)N[C@H]1COC(=O)[C@@H]2CCCN2C(=O)[C@H](Cc2ccc(O)cc2)NC(=O)[C@H](CC(N)=O)NC(=O)CNC(=O)[C@H](CC(C)C)NC(=O)CC(=O)[C@H](CC(C)C)NC(=O)[C@@H]2C[C@H](C)CN2C1=O)[C@@H](C)CC. The molecule has 10 atom stereocenters. The van der Waals surface area contributed by atoms with Crippen LogP contribution in [0.15, 0.2) is 24.3 Å². The number of ether oxygens (including phenoxy) is 1. The molecule has 3 fully saturated rings. The van der Waals surface area contributed by atoms with E-state index < -0.39 is 151 Å². The summed E-state index contributed by atoms with van der Waals surface area (Å²) in [6.45, 7) is 12.5. The second kappa shape index (κ2) is 28.7. The number of rotatable bonds is 14. The van der Waals surface area contributed by atoms with E-state index >= 15 is 0 Å². The second-order valence-electron chi connectivity index (χ2n) is 21.0. The van der Waals surface area contributed by atoms with Gasteiger partial charge in [0.25, 0.3) is 0 Å². The number of primary amides is 1. The molecule has 0 unspecified atom stereocenters. The van der Waals surface area contributed by atoms with Gasteiger partial charge in [-0.1, -0.05) is 73.9 Å². The van der Waals surface area contributed by atoms with E-state index in [9.17, 15) is 62.6 Å². The number of carbonyl (C=O) groups excluding carboxylic acids is 12. The summed E-state index contributed by atoms with van der Waals surface area (Å²) in [6.07, 6.45) is -0.630. The number of nitrogens with zero attached hydrogens (tertiary/aromatic N) is 2. The van der Waals surface area contributed by atoms with Gasteiger partial charge in [-0.05, 0) is 73.5 Å². The smallest absolute Gasteiger partial charge is 0.328 e. The molecular formula is C52H78N10O14. The lowest BCUT2D eigenvalue weighted by Crippen LogP contribution is -2.60. The van der Waals surface area contributed by atoms with Gasteiger partial charge in [0.15, 0.2) is 5.78 Å². The van der Waals surface area contributed by atoms with Crippen molar-refractivity contribution in [1.29, 1.82) is 0 Å². The third-order valence-electron chi connectivity index (χ3n) is 13.6. The van der Waals surface area contributed by atoms with Crippen LogP contribution in [0, 0.1) is 23.7 Å². The van der Waals surface area contributed by atoms with Crippen molar-refractivity contribution in [3.05, 3.63) is 29.8 Å². The number of fused-ring (bicyclic) bond motifs is 2. The topological polar surface area (TPSA) is 351 Å². The zero-order valence-electron chi connectivity index (χ0n) is 44.9. The number of hydrogen-bond acceptors (Lipinski definition) is 14. The summed E-state index contributed by atoms with van der Waals surface area (Å²) in [5.41, 5.74) is 5.93. The number of benzene rings is 1. The molecule has 10 amide bonds. The van der Waals surface area contributed by atoms with Crippen LogP contribution in [0.3, 0.4) is 0 Å². The number of phenolic OH excluding ortho intramolecular Hbond substituents is 1. The van der Waals surface area contributed by atoms with E-state index in [0.29, 0.717) is 12.0 Å². The van der Waals surface area contributed by atoms with Gasteiger partial charge < -0.3 is 62.6 Å². The molecule has 24 heteroatoms. The molecule has 0 bridgehead atoms. The van der Waals surface area contributed by atoms with Crippen molar-refractivity contribution >= 4 is 70.8 Å². The molecule has 10 N–H and O–H groups in total. The lowest BCUT2D eigenvalue weighted by atomic mass is 9.97. The average molecular weight is 1070 g/mol. The van der Waals surface area contributed by atoms with Crippen LogP contribution in [0.2, 0.25) is 0 Å². The Balaban J connectivity index is 1.81. The number of nitrogens with one attached hydrogen (secondary N) is 7. The first-order valence-electron chi connectivity index (χ1n) is 26.2. The number of amides is 10. The standard InChI is InChI=1S/C52H78N10O14/c1-9-30(8)45(60-42(66)10-2)49(72)59-37-26-76-52(75)38-12-11-17-61(38)50(73)36(21-31-13-15-32(63)16-14-31)58-47(70)35(22-41(53)65)56-44(68)24-54-46(69)34(19-28(5)6)55-43(67)23-40(64)33(18-27(3)4)57-48(71)39-20-29(7)25-62(39)51(37)74/h13-16,27-30,33-39,45,63H,9-12,17-26H2,1-8H3,(H2,53,65)(H,54,69)(H,55,67)(H,56,68)(H,57,71)(H,58,70)(H,59,72)(H,60,66)/t29-,30-,33-,34-,35-,36-,37-,38-,39-,45-/m0/s1. The number of Topliss-reactive ketones (excluding diaryl/α,β-unsaturated/α-hetero) is 1. The highest BCUT2D eigenvalue weighted by atomic mass is 16.5. The molecule has 3 aliphatic heterocycles. The molecule has 1 aromatic rings. The third-order valence-corrected chi connectivity index (χ3v) is 13.6. The molecule has 0 aromatic heterocycles. The molecule has 0 radical (unpaired) electrons.